The highest BCUT2D eigenvalue weighted by Gasteiger charge is 2.07. The maximum absolute atomic E-state index is 12.0. The number of hydrogen-bond acceptors (Lipinski definition) is 4. The third-order valence-corrected chi connectivity index (χ3v) is 3.22. The van der Waals surface area contributed by atoms with Gasteiger partial charge in [0, 0.05) is 21.4 Å². The number of nitrogens with zero attached hydrogens (tertiary/aromatic N) is 2. The first-order valence-electron chi connectivity index (χ1n) is 6.26. The topological polar surface area (TPSA) is 66.9 Å². The third-order valence-electron chi connectivity index (χ3n) is 2.97. The number of benzene rings is 2. The summed E-state index contributed by atoms with van der Waals surface area (Å²) in [5.74, 6) is 0.219. The zero-order valence-electron chi connectivity index (χ0n) is 10.9. The summed E-state index contributed by atoms with van der Waals surface area (Å²) in [5.41, 5.74) is 5.89. The van der Waals surface area contributed by atoms with Crippen LogP contribution < -0.4 is 10.9 Å². The normalized spacial score (nSPS) is 10.3. The quantitative estimate of drug-likeness (QED) is 0.729. The monoisotopic (exact) mass is 298 g/mol. The van der Waals surface area contributed by atoms with Crippen LogP contribution in [0, 0.1) is 0 Å². The van der Waals surface area contributed by atoms with Gasteiger partial charge >= 0.3 is 0 Å². The van der Waals surface area contributed by atoms with Crippen LogP contribution in [0.15, 0.2) is 54.7 Å². The molecule has 0 saturated heterocycles. The lowest BCUT2D eigenvalue weighted by atomic mass is 10.2. The van der Waals surface area contributed by atoms with Crippen molar-refractivity contribution in [2.75, 3.05) is 5.43 Å². The molecule has 5 nitrogen and oxygen atoms in total. The summed E-state index contributed by atoms with van der Waals surface area (Å²) in [6, 6.07) is 14.3. The average molecular weight is 299 g/mol. The molecule has 0 aliphatic rings. The van der Waals surface area contributed by atoms with Crippen LogP contribution in [0.2, 0.25) is 5.02 Å². The lowest BCUT2D eigenvalue weighted by Crippen LogP contribution is -2.30. The van der Waals surface area contributed by atoms with Crippen molar-refractivity contribution in [1.82, 2.24) is 15.6 Å². The van der Waals surface area contributed by atoms with E-state index in [1.54, 1.807) is 30.5 Å². The molecule has 6 heteroatoms. The number of carbonyl (C=O) groups is 1. The van der Waals surface area contributed by atoms with Crippen LogP contribution in [-0.2, 0) is 0 Å². The zero-order chi connectivity index (χ0) is 14.7. The Labute approximate surface area is 125 Å². The van der Waals surface area contributed by atoms with Gasteiger partial charge in [0.05, 0.1) is 6.20 Å². The number of halogens is 1. The lowest BCUT2D eigenvalue weighted by Gasteiger charge is -2.09. The number of nitrogens with one attached hydrogen (secondary N) is 2. The number of amides is 1. The van der Waals surface area contributed by atoms with E-state index in [9.17, 15) is 4.79 Å². The van der Waals surface area contributed by atoms with E-state index < -0.39 is 0 Å². The second-order valence-corrected chi connectivity index (χ2v) is 4.80. The van der Waals surface area contributed by atoms with Crippen LogP contribution >= 0.6 is 11.6 Å². The minimum Gasteiger partial charge on any atom is -0.280 e. The van der Waals surface area contributed by atoms with Gasteiger partial charge < -0.3 is 0 Å². The lowest BCUT2D eigenvalue weighted by molar-refractivity contribution is 0.0962. The number of rotatable bonds is 3. The number of aromatic nitrogens is 2. The van der Waals surface area contributed by atoms with E-state index in [2.05, 4.69) is 21.0 Å². The van der Waals surface area contributed by atoms with Crippen molar-refractivity contribution >= 4 is 34.1 Å². The Morgan fingerprint density at radius 1 is 1.05 bits per heavy atom. The Morgan fingerprint density at radius 2 is 1.81 bits per heavy atom. The number of carbonyl (C=O) groups excluding carboxylic acids is 1. The molecule has 1 aromatic heterocycles. The number of hydrazine groups is 1. The van der Waals surface area contributed by atoms with Gasteiger partial charge in [0.2, 0.25) is 0 Å². The van der Waals surface area contributed by atoms with Crippen molar-refractivity contribution in [3.8, 4) is 0 Å². The van der Waals surface area contributed by atoms with Crippen molar-refractivity contribution in [2.24, 2.45) is 0 Å². The number of fused-ring (bicyclic) bond motifs is 1. The van der Waals surface area contributed by atoms with Gasteiger partial charge in [0.25, 0.3) is 5.91 Å². The fraction of sp³-hybridized carbons (Fsp3) is 0. The fourth-order valence-electron chi connectivity index (χ4n) is 1.91. The molecule has 3 rings (SSSR count). The van der Waals surface area contributed by atoms with E-state index >= 15 is 0 Å². The maximum atomic E-state index is 12.0. The van der Waals surface area contributed by atoms with Crippen LogP contribution in [0.1, 0.15) is 10.4 Å². The van der Waals surface area contributed by atoms with E-state index in [4.69, 9.17) is 11.6 Å². The maximum Gasteiger partial charge on any atom is 0.269 e. The summed E-state index contributed by atoms with van der Waals surface area (Å²) in [6.45, 7) is 0. The van der Waals surface area contributed by atoms with Crippen molar-refractivity contribution < 1.29 is 4.79 Å². The summed E-state index contributed by atoms with van der Waals surface area (Å²) in [7, 11) is 0. The highest BCUT2D eigenvalue weighted by molar-refractivity contribution is 6.30. The van der Waals surface area contributed by atoms with Gasteiger partial charge in [-0.3, -0.25) is 15.6 Å². The van der Waals surface area contributed by atoms with E-state index in [-0.39, 0.29) is 5.91 Å². The molecule has 0 fully saturated rings. The van der Waals surface area contributed by atoms with Gasteiger partial charge in [-0.2, -0.15) is 5.10 Å². The first kappa shape index (κ1) is 13.3. The standard InChI is InChI=1S/C15H11ClN4O/c16-12-7-5-10(6-8-12)15(21)20-19-14-13-4-2-1-3-11(13)9-17-18-14/h1-9H,(H,18,19)(H,20,21). The molecule has 0 saturated carbocycles. The number of anilines is 1. The smallest absolute Gasteiger partial charge is 0.269 e. The molecule has 21 heavy (non-hydrogen) atoms. The van der Waals surface area contributed by atoms with Crippen LogP contribution in [0.5, 0.6) is 0 Å². The SMILES string of the molecule is O=C(NNc1nncc2ccccc12)c1ccc(Cl)cc1. The second kappa shape index (κ2) is 5.76. The largest absolute Gasteiger partial charge is 0.280 e. The minimum atomic E-state index is -0.276. The summed E-state index contributed by atoms with van der Waals surface area (Å²) >= 11 is 5.79. The molecule has 0 aliphatic carbocycles. The molecule has 104 valence electrons. The average Bonchev–Trinajstić information content (AvgIpc) is 2.53. The Bertz CT molecular complexity index is 784. The molecule has 2 aromatic carbocycles. The highest BCUT2D eigenvalue weighted by Crippen LogP contribution is 2.18. The van der Waals surface area contributed by atoms with E-state index in [1.807, 2.05) is 24.3 Å². The predicted octanol–water partition coefficient (Wildman–Crippen LogP) is 3.04. The molecule has 0 unspecified atom stereocenters. The molecule has 0 atom stereocenters. The zero-order valence-corrected chi connectivity index (χ0v) is 11.6. The predicted molar refractivity (Wildman–Crippen MR) is 82.1 cm³/mol. The summed E-state index contributed by atoms with van der Waals surface area (Å²) in [4.78, 5) is 12.0. The molecule has 0 bridgehead atoms. The molecule has 3 aromatic rings. The Balaban J connectivity index is 1.77. The third kappa shape index (κ3) is 2.93. The van der Waals surface area contributed by atoms with Gasteiger partial charge in [-0.1, -0.05) is 35.9 Å². The molecule has 1 amide bonds. The van der Waals surface area contributed by atoms with Crippen molar-refractivity contribution in [1.29, 1.82) is 0 Å². The van der Waals surface area contributed by atoms with Gasteiger partial charge in [0.15, 0.2) is 5.82 Å². The first-order valence-corrected chi connectivity index (χ1v) is 6.64. The van der Waals surface area contributed by atoms with E-state index in [0.717, 1.165) is 10.8 Å². The van der Waals surface area contributed by atoms with Gasteiger partial charge in [-0.05, 0) is 24.3 Å². The molecule has 1 heterocycles. The molecular weight excluding hydrogens is 288 g/mol. The highest BCUT2D eigenvalue weighted by atomic mass is 35.5. The fourth-order valence-corrected chi connectivity index (χ4v) is 2.04. The van der Waals surface area contributed by atoms with Gasteiger partial charge in [-0.25, -0.2) is 0 Å². The van der Waals surface area contributed by atoms with Crippen molar-refractivity contribution in [3.63, 3.8) is 0 Å². The Hall–Kier alpha value is -2.66. The van der Waals surface area contributed by atoms with Gasteiger partial charge in [-0.15, -0.1) is 5.10 Å². The molecule has 0 spiro atoms. The van der Waals surface area contributed by atoms with Crippen molar-refractivity contribution in [3.05, 3.63) is 65.3 Å². The van der Waals surface area contributed by atoms with Crippen LogP contribution in [0.25, 0.3) is 10.8 Å². The summed E-state index contributed by atoms with van der Waals surface area (Å²) in [5, 5.41) is 10.3. The summed E-state index contributed by atoms with van der Waals surface area (Å²) < 4.78 is 0. The minimum absolute atomic E-state index is 0.276. The first-order chi connectivity index (χ1) is 10.2. The van der Waals surface area contributed by atoms with Crippen LogP contribution in [-0.4, -0.2) is 16.1 Å². The Morgan fingerprint density at radius 3 is 2.62 bits per heavy atom. The van der Waals surface area contributed by atoms with E-state index in [1.165, 1.54) is 0 Å². The van der Waals surface area contributed by atoms with Crippen molar-refractivity contribution in [2.45, 2.75) is 0 Å². The molecular formula is C15H11ClN4O. The summed E-state index contributed by atoms with van der Waals surface area (Å²) in [6.07, 6.45) is 1.67. The van der Waals surface area contributed by atoms with Gasteiger partial charge in [0.1, 0.15) is 0 Å². The van der Waals surface area contributed by atoms with Crippen LogP contribution in [0.3, 0.4) is 0 Å². The molecule has 2 N–H and O–H groups in total. The molecule has 0 aliphatic heterocycles. The number of hydrogen-bond donors (Lipinski definition) is 2. The second-order valence-electron chi connectivity index (χ2n) is 4.37. The van der Waals surface area contributed by atoms with Crippen LogP contribution in [0.4, 0.5) is 5.82 Å². The molecule has 0 radical (unpaired) electrons. The van der Waals surface area contributed by atoms with E-state index in [0.29, 0.717) is 16.4 Å². The Kier molecular flexibility index (Phi) is 3.66.